The molecule has 2 atom stereocenters. The predicted molar refractivity (Wildman–Crippen MR) is 288 cm³/mol. The number of hydrogen-bond acceptors (Lipinski definition) is 6. The molecule has 0 N–H and O–H groups in total. The number of rotatable bonds is 4. The van der Waals surface area contributed by atoms with E-state index in [2.05, 4.69) is 233 Å². The summed E-state index contributed by atoms with van der Waals surface area (Å²) in [5.41, 5.74) is 8.92. The maximum absolute atomic E-state index is 7.91. The van der Waals surface area contributed by atoms with Crippen molar-refractivity contribution >= 4 is 95.8 Å². The van der Waals surface area contributed by atoms with Gasteiger partial charge in [-0.05, 0) is 0 Å². The molecule has 6 aliphatic heterocycles. The zero-order valence-electron chi connectivity index (χ0n) is 39.8. The number of fused-ring (bicyclic) bond motifs is 2. The first kappa shape index (κ1) is 40.7. The molecule has 0 saturated carbocycles. The van der Waals surface area contributed by atoms with Gasteiger partial charge in [-0.2, -0.15) is 0 Å². The minimum atomic E-state index is -4.28. The summed E-state index contributed by atoms with van der Waals surface area (Å²) in [6.45, 7) is 13.7. The molecule has 0 radical (unpaired) electrons. The Hall–Kier alpha value is -7.13. The monoisotopic (exact) mass is 1030 g/mol. The van der Waals surface area contributed by atoms with Crippen LogP contribution in [0.2, 0.25) is 0 Å². The van der Waals surface area contributed by atoms with Crippen molar-refractivity contribution in [2.24, 2.45) is 0 Å². The standard InChI is InChI=1S/C62H48Ge2N2O4/c1-61(2,3)37-29-33-41(34-30-37)65-43-21-13-23-45-51(43)63(39-17-9-7-10-18-39)53-47(67-45)25-16-28-50(53)70-60-55(63)57(65)59-56-58(60)66(42-35-31-38(32-36-42)62(4,5)6)44-22-14-24-46-52(44)64(56,40-19-11-8-12-20-40)54-48(68-46)26-15-27-49(54)69-59/h7-36H,1-6H3. The normalized spacial score (nSPS) is 18.7. The third-order valence-electron chi connectivity index (χ3n) is 15.8. The second kappa shape index (κ2) is 13.8. The molecule has 15 rings (SSSR count). The molecule has 0 saturated heterocycles. The van der Waals surface area contributed by atoms with E-state index in [0.29, 0.717) is 0 Å². The molecule has 0 amide bonds. The Labute approximate surface area is 413 Å². The van der Waals surface area contributed by atoms with Crippen molar-refractivity contribution < 1.29 is 18.9 Å². The predicted octanol–water partition coefficient (Wildman–Crippen LogP) is 11.0. The van der Waals surface area contributed by atoms with Crippen LogP contribution >= 0.6 is 0 Å². The Balaban J connectivity index is 1.20. The van der Waals surface area contributed by atoms with E-state index in [1.54, 1.807) is 0 Å². The van der Waals surface area contributed by atoms with E-state index in [4.69, 9.17) is 18.9 Å². The van der Waals surface area contributed by atoms with E-state index < -0.39 is 26.5 Å². The summed E-state index contributed by atoms with van der Waals surface area (Å²) in [6.07, 6.45) is 0. The Morgan fingerprint density at radius 3 is 1.00 bits per heavy atom. The number of ether oxygens (including phenoxy) is 4. The maximum atomic E-state index is 7.91. The van der Waals surface area contributed by atoms with Gasteiger partial charge in [0, 0.05) is 0 Å². The Kier molecular flexibility index (Phi) is 8.03. The fourth-order valence-electron chi connectivity index (χ4n) is 12.9. The number of benzene rings is 9. The molecule has 6 aliphatic rings. The molecule has 9 aromatic carbocycles. The van der Waals surface area contributed by atoms with E-state index in [1.165, 1.54) is 46.3 Å². The summed E-state index contributed by atoms with van der Waals surface area (Å²) in [5.74, 6) is 7.02. The Bertz CT molecular complexity index is 3500. The summed E-state index contributed by atoms with van der Waals surface area (Å²) in [7, 11) is 0. The van der Waals surface area contributed by atoms with E-state index in [9.17, 15) is 0 Å². The van der Waals surface area contributed by atoms with Crippen molar-refractivity contribution in [1.29, 1.82) is 0 Å². The fourth-order valence-corrected chi connectivity index (χ4v) is 35.9. The molecule has 2 unspecified atom stereocenters. The van der Waals surface area contributed by atoms with Crippen LogP contribution in [0.3, 0.4) is 0 Å². The van der Waals surface area contributed by atoms with Gasteiger partial charge < -0.3 is 0 Å². The van der Waals surface area contributed by atoms with Crippen LogP contribution in [0.5, 0.6) is 46.0 Å². The molecule has 0 bridgehead atoms. The fraction of sp³-hybridized carbons (Fsp3) is 0.129. The van der Waals surface area contributed by atoms with Crippen LogP contribution in [-0.4, -0.2) is 26.5 Å². The molecule has 0 aliphatic carbocycles. The van der Waals surface area contributed by atoms with Gasteiger partial charge >= 0.3 is 416 Å². The van der Waals surface area contributed by atoms with Gasteiger partial charge in [-0.3, -0.25) is 0 Å². The molecular weight excluding hydrogens is 982 g/mol. The van der Waals surface area contributed by atoms with Crippen LogP contribution in [0.25, 0.3) is 0 Å². The van der Waals surface area contributed by atoms with Crippen molar-refractivity contribution in [2.45, 2.75) is 52.4 Å². The molecule has 6 nitrogen and oxygen atoms in total. The van der Waals surface area contributed by atoms with Crippen LogP contribution in [0.1, 0.15) is 52.7 Å². The van der Waals surface area contributed by atoms with E-state index in [1.807, 2.05) is 0 Å². The topological polar surface area (TPSA) is 43.4 Å². The molecule has 0 aromatic heterocycles. The molecule has 338 valence electrons. The summed E-state index contributed by atoms with van der Waals surface area (Å²) >= 11 is -8.56. The van der Waals surface area contributed by atoms with Crippen LogP contribution in [0, 0.1) is 0 Å². The van der Waals surface area contributed by atoms with Crippen molar-refractivity contribution in [3.05, 3.63) is 193 Å². The number of anilines is 6. The molecule has 8 heteroatoms. The molecule has 0 fully saturated rings. The summed E-state index contributed by atoms with van der Waals surface area (Å²) < 4.78 is 40.1. The first-order valence-electron chi connectivity index (χ1n) is 24.4. The Morgan fingerprint density at radius 2 is 0.643 bits per heavy atom. The summed E-state index contributed by atoms with van der Waals surface area (Å²) in [5, 5.41) is 0. The Morgan fingerprint density at radius 1 is 0.314 bits per heavy atom. The van der Waals surface area contributed by atoms with Crippen LogP contribution in [0.4, 0.5) is 34.1 Å². The van der Waals surface area contributed by atoms with Crippen molar-refractivity contribution in [3.8, 4) is 46.0 Å². The first-order chi connectivity index (χ1) is 34.0. The third kappa shape index (κ3) is 5.00. The second-order valence-corrected chi connectivity index (χ2v) is 36.6. The van der Waals surface area contributed by atoms with Crippen LogP contribution in [-0.2, 0) is 10.8 Å². The van der Waals surface area contributed by atoms with Gasteiger partial charge in [0.05, 0.1) is 0 Å². The second-order valence-electron chi connectivity index (χ2n) is 21.6. The average Bonchev–Trinajstić information content (AvgIpc) is 3.37. The quantitative estimate of drug-likeness (QED) is 0.164. The third-order valence-corrected chi connectivity index (χ3v) is 36.4. The summed E-state index contributed by atoms with van der Waals surface area (Å²) in [6, 6.07) is 67.3. The minimum absolute atomic E-state index is 0.0360. The molecular formula is C62H48Ge2N2O4. The average molecular weight is 1030 g/mol. The molecule has 9 aromatic rings. The van der Waals surface area contributed by atoms with Gasteiger partial charge in [0.1, 0.15) is 0 Å². The summed E-state index contributed by atoms with van der Waals surface area (Å²) in [4.78, 5) is 5.02. The van der Waals surface area contributed by atoms with Crippen molar-refractivity contribution in [3.63, 3.8) is 0 Å². The number of hydrogen-bond donors (Lipinski definition) is 0. The van der Waals surface area contributed by atoms with E-state index >= 15 is 0 Å². The van der Waals surface area contributed by atoms with Gasteiger partial charge in [0.25, 0.3) is 0 Å². The molecule has 70 heavy (non-hydrogen) atoms. The SMILES string of the molecule is CC(C)(C)c1ccc(N2c3cccc4[c]3[Ge]3([c]5ccccc5)[c]5c(cccc5Oc5c6[c]7c(c2[c]53)Oc2cccc3[c]2[Ge]7([c]2ccccc2)[c]2c(cccc2N6c2ccc(C(C)(C)C)cc2)O3)O4)cc1. The first-order valence-corrected chi connectivity index (χ1v) is 32.8. The van der Waals surface area contributed by atoms with Gasteiger partial charge in [-0.15, -0.1) is 0 Å². The van der Waals surface area contributed by atoms with Gasteiger partial charge in [0.15, 0.2) is 0 Å². The zero-order valence-corrected chi connectivity index (χ0v) is 44.0. The van der Waals surface area contributed by atoms with E-state index in [0.717, 1.165) is 80.1 Å². The van der Waals surface area contributed by atoms with Crippen molar-refractivity contribution in [2.75, 3.05) is 9.80 Å². The molecule has 6 heterocycles. The zero-order chi connectivity index (χ0) is 47.1. The van der Waals surface area contributed by atoms with Gasteiger partial charge in [-0.1, -0.05) is 0 Å². The van der Waals surface area contributed by atoms with Crippen molar-refractivity contribution in [1.82, 2.24) is 0 Å². The van der Waals surface area contributed by atoms with E-state index in [-0.39, 0.29) is 10.8 Å². The van der Waals surface area contributed by atoms with Gasteiger partial charge in [-0.25, -0.2) is 0 Å². The van der Waals surface area contributed by atoms with Crippen LogP contribution < -0.4 is 63.9 Å². The van der Waals surface area contributed by atoms with Gasteiger partial charge in [0.2, 0.25) is 0 Å². The molecule has 0 spiro atoms. The van der Waals surface area contributed by atoms with Crippen LogP contribution in [0.15, 0.2) is 182 Å². The number of nitrogens with zero attached hydrogens (tertiary/aromatic N) is 2.